The minimum absolute atomic E-state index is 0.00231. The number of aryl methyl sites for hydroxylation is 1. The number of carbonyl (C=O) groups is 5. The molecular formula is C86H101N3O34. The molecule has 123 heavy (non-hydrogen) atoms. The molecule has 5 heterocycles. The number of aliphatic hydroxyl groups excluding tert-OH is 16. The van der Waals surface area contributed by atoms with Crippen LogP contribution >= 0.6 is 0 Å². The zero-order valence-corrected chi connectivity index (χ0v) is 66.7. The van der Waals surface area contributed by atoms with E-state index in [1.54, 1.807) is 6.92 Å². The summed E-state index contributed by atoms with van der Waals surface area (Å²) in [5, 5.41) is 200. The highest BCUT2D eigenvalue weighted by atomic mass is 16.8. The molecule has 5 aliphatic rings. The van der Waals surface area contributed by atoms with Gasteiger partial charge in [0.25, 0.3) is 5.91 Å². The third-order valence-corrected chi connectivity index (χ3v) is 19.1. The lowest BCUT2D eigenvalue weighted by Crippen LogP contribution is -2.68. The van der Waals surface area contributed by atoms with Crippen LogP contribution < -0.4 is 16.0 Å². The Morgan fingerprint density at radius 1 is 0.415 bits per heavy atom. The summed E-state index contributed by atoms with van der Waals surface area (Å²) in [6.07, 6.45) is -45.0. The molecule has 0 spiro atoms. The minimum atomic E-state index is -2.34. The van der Waals surface area contributed by atoms with Crippen LogP contribution in [0.15, 0.2) is 30.3 Å². The van der Waals surface area contributed by atoms with Gasteiger partial charge in [-0.3, -0.25) is 14.4 Å². The van der Waals surface area contributed by atoms with Crippen molar-refractivity contribution in [1.29, 1.82) is 0 Å². The molecule has 0 aromatic heterocycles. The summed E-state index contributed by atoms with van der Waals surface area (Å²) in [6.45, 7) is -1.25. The van der Waals surface area contributed by atoms with Crippen molar-refractivity contribution in [3.63, 3.8) is 0 Å². The highest BCUT2D eigenvalue weighted by Gasteiger charge is 2.57. The molecule has 37 heteroatoms. The van der Waals surface area contributed by atoms with E-state index in [2.05, 4.69) is 170 Å². The third kappa shape index (κ3) is 34.3. The van der Waals surface area contributed by atoms with Crippen LogP contribution in [0.25, 0.3) is 0 Å². The van der Waals surface area contributed by atoms with Crippen LogP contribution in [0.1, 0.15) is 96.0 Å². The first-order chi connectivity index (χ1) is 59.2. The molecule has 0 radical (unpaired) electrons. The predicted octanol–water partition coefficient (Wildman–Crippen LogP) is -7.89. The Kier molecular flexibility index (Phi) is 46.6. The maximum Gasteiger partial charge on any atom is 0.335 e. The molecule has 21 N–H and O–H groups in total. The molecular weight excluding hydrogens is 1620 g/mol. The number of hydrogen-bond acceptors (Lipinski definition) is 32. The van der Waals surface area contributed by atoms with Crippen molar-refractivity contribution < 1.29 is 168 Å². The number of benzene rings is 1. The Balaban J connectivity index is 0.867. The van der Waals surface area contributed by atoms with E-state index in [9.17, 15) is 116 Å². The number of carbonyl (C=O) groups excluding carboxylic acids is 3. The molecule has 37 nitrogen and oxygen atoms in total. The fourth-order valence-electron chi connectivity index (χ4n) is 12.6. The SMILES string of the molecule is CC#CC#CC#CC#CC#CC#CC#CC#CC#CC#CC#CC#CC(=O)N[C@@H](COC1OC(COCCCCCCNC(=O)CCCC(=O)NCCOC2OC(CO)C(OC3OC(C(=O)O)C(O)C(OC4OC(CO)C(OC5OC(C(=O)O)C(O)C(O)C5O)C(O)C4O)C3O)C(O)C2O)C(O)C(O)C1O)[C@H](O)[C@H](O)CCCCCCCc1ccccc1. The van der Waals surface area contributed by atoms with Crippen molar-refractivity contribution in [3.05, 3.63) is 35.9 Å². The van der Waals surface area contributed by atoms with Crippen LogP contribution in [0.5, 0.6) is 0 Å². The van der Waals surface area contributed by atoms with E-state index in [1.807, 2.05) is 18.2 Å². The molecule has 0 aliphatic carbocycles. The maximum atomic E-state index is 13.1. The predicted molar refractivity (Wildman–Crippen MR) is 421 cm³/mol. The van der Waals surface area contributed by atoms with E-state index < -0.39 is 215 Å². The molecule has 0 saturated carbocycles. The number of nitrogens with one attached hydrogen (secondary N) is 3. The zero-order valence-electron chi connectivity index (χ0n) is 66.7. The van der Waals surface area contributed by atoms with Crippen molar-refractivity contribution in [3.8, 4) is 142 Å². The average Bonchev–Trinajstić information content (AvgIpc) is 0.771. The lowest BCUT2D eigenvalue weighted by molar-refractivity contribution is -0.385. The average molecular weight is 1720 g/mol. The van der Waals surface area contributed by atoms with Gasteiger partial charge in [-0.25, -0.2) is 9.59 Å². The van der Waals surface area contributed by atoms with Gasteiger partial charge in [-0.1, -0.05) is 74.8 Å². The van der Waals surface area contributed by atoms with Gasteiger partial charge in [0.2, 0.25) is 11.8 Å². The van der Waals surface area contributed by atoms with E-state index in [-0.39, 0.29) is 58.0 Å². The number of aliphatic carboxylic acids is 2. The fraction of sp³-hybridized carbons (Fsp3) is 0.593. The summed E-state index contributed by atoms with van der Waals surface area (Å²) in [5.41, 5.74) is 1.24. The molecule has 1 aromatic carbocycles. The largest absolute Gasteiger partial charge is 0.479 e. The molecule has 1 aromatic rings. The number of aliphatic hydroxyl groups is 16. The van der Waals surface area contributed by atoms with E-state index >= 15 is 0 Å². The van der Waals surface area contributed by atoms with Crippen molar-refractivity contribution in [2.75, 3.05) is 52.7 Å². The number of carboxylic acid groups (broad SMARTS) is 2. The fourth-order valence-corrected chi connectivity index (χ4v) is 12.6. The van der Waals surface area contributed by atoms with Gasteiger partial charge in [-0.05, 0) is 146 Å². The van der Waals surface area contributed by atoms with Gasteiger partial charge in [0, 0.05) is 74.0 Å². The second-order valence-corrected chi connectivity index (χ2v) is 28.0. The van der Waals surface area contributed by atoms with Gasteiger partial charge in [-0.15, -0.1) is 0 Å². The quantitative estimate of drug-likeness (QED) is 0.0214. The van der Waals surface area contributed by atoms with Crippen LogP contribution in [0.2, 0.25) is 0 Å². The number of ether oxygens (including phenoxy) is 11. The molecule has 3 amide bonds. The van der Waals surface area contributed by atoms with Gasteiger partial charge in [0.15, 0.2) is 43.7 Å². The minimum Gasteiger partial charge on any atom is -0.479 e. The normalized spacial score (nSPS) is 29.7. The van der Waals surface area contributed by atoms with E-state index in [1.165, 1.54) is 5.56 Å². The lowest BCUT2D eigenvalue weighted by atomic mass is 9.95. The molecule has 28 atom stereocenters. The summed E-state index contributed by atoms with van der Waals surface area (Å²) in [5.74, 6) is 53.8. The first kappa shape index (κ1) is 102. The van der Waals surface area contributed by atoms with E-state index in [0.29, 0.717) is 38.6 Å². The van der Waals surface area contributed by atoms with Gasteiger partial charge in [0.1, 0.15) is 116 Å². The first-order valence-electron chi connectivity index (χ1n) is 39.3. The second kappa shape index (κ2) is 56.2. The van der Waals surface area contributed by atoms with Crippen LogP contribution in [-0.2, 0) is 82.5 Å². The Morgan fingerprint density at radius 3 is 1.40 bits per heavy atom. The highest BCUT2D eigenvalue weighted by Crippen LogP contribution is 2.35. The smallest absolute Gasteiger partial charge is 0.335 e. The van der Waals surface area contributed by atoms with Crippen molar-refractivity contribution in [2.45, 2.75) is 269 Å². The second-order valence-electron chi connectivity index (χ2n) is 28.0. The van der Waals surface area contributed by atoms with Gasteiger partial charge in [-0.2, -0.15) is 0 Å². The van der Waals surface area contributed by atoms with Crippen LogP contribution in [-0.4, -0.2) is 346 Å². The van der Waals surface area contributed by atoms with E-state index in [0.717, 1.165) is 32.1 Å². The van der Waals surface area contributed by atoms with Crippen molar-refractivity contribution in [1.82, 2.24) is 16.0 Å². The summed E-state index contributed by atoms with van der Waals surface area (Å²) in [4.78, 5) is 62.3. The zero-order chi connectivity index (χ0) is 89.6. The molecule has 0 bridgehead atoms. The summed E-state index contributed by atoms with van der Waals surface area (Å²) in [7, 11) is 0. The van der Waals surface area contributed by atoms with Gasteiger partial charge in [0.05, 0.1) is 45.2 Å². The monoisotopic (exact) mass is 1720 g/mol. The maximum absolute atomic E-state index is 13.1. The topological polar surface area (TPSA) is 587 Å². The van der Waals surface area contributed by atoms with Crippen LogP contribution in [0, 0.1) is 142 Å². The van der Waals surface area contributed by atoms with Crippen molar-refractivity contribution in [2.24, 2.45) is 0 Å². The Hall–Kier alpha value is -9.79. The Morgan fingerprint density at radius 2 is 0.846 bits per heavy atom. The van der Waals surface area contributed by atoms with Crippen LogP contribution in [0.3, 0.4) is 0 Å². The van der Waals surface area contributed by atoms with Gasteiger partial charge >= 0.3 is 11.9 Å². The lowest BCUT2D eigenvalue weighted by Gasteiger charge is -2.48. The number of rotatable bonds is 41. The standard InChI is InChI=1S/C86H101N3O34/c1-2-3-4-5-6-7-8-9-10-11-12-13-14-15-16-17-18-19-20-21-22-26-34-42-61(95)89-54(62(96)55(92)41-33-25-23-24-30-38-53-39-31-29-32-40-53)51-115-83-69(103)64(98)63(97)58(118-83)52-113-47-36-28-27-35-45-87-59(93)43-37-44-60(94)88-46-48-114-82-71(105)67(101)75(56(49-90)116-82)120-86-74(108)77(73(107)79(123-86)81(111)112)121-84-72(106)68(102)76(57(50-91)117-84)119-85-70(104)65(99)66(100)78(122-85)80(109)110/h29,31-32,39-40,54-58,62-79,82-86,90-92,96-108H,23-25,27-28,30,33,35-38,41,43-52H2,1H3,(H,87,93)(H,88,94)(H,89,95)(H,109,110)(H,111,112)/t54-,55+,56?,57?,58?,62-,63?,64?,65?,66?,67?,68?,69?,70?,71?,72?,73?,74?,75?,76?,77?,78?,79?,82?,83?,84?,85?,86?/m0/s1. The molecule has 5 fully saturated rings. The number of hydrogen-bond donors (Lipinski definition) is 21. The van der Waals surface area contributed by atoms with E-state index in [4.69, 9.17) is 52.1 Å². The Labute approximate surface area is 710 Å². The molecule has 5 aliphatic heterocycles. The van der Waals surface area contributed by atoms with Crippen molar-refractivity contribution >= 4 is 29.7 Å². The summed E-state index contributed by atoms with van der Waals surface area (Å²) >= 11 is 0. The number of unbranched alkanes of at least 4 members (excludes halogenated alkanes) is 7. The third-order valence-electron chi connectivity index (χ3n) is 19.1. The highest BCUT2D eigenvalue weighted by molar-refractivity contribution is 5.94. The molecule has 5 saturated heterocycles. The molecule has 25 unspecified atom stereocenters. The molecule has 6 rings (SSSR count). The summed E-state index contributed by atoms with van der Waals surface area (Å²) in [6, 6.07) is 8.74. The van der Waals surface area contributed by atoms with Gasteiger partial charge < -0.3 is 160 Å². The number of carboxylic acids is 2. The Bertz CT molecular complexity index is 4390. The summed E-state index contributed by atoms with van der Waals surface area (Å²) < 4.78 is 61.1. The van der Waals surface area contributed by atoms with Crippen LogP contribution in [0.4, 0.5) is 0 Å². The molecule has 664 valence electrons. The number of amides is 3. The first-order valence-corrected chi connectivity index (χ1v) is 39.3.